The van der Waals surface area contributed by atoms with Crippen LogP contribution < -0.4 is 5.32 Å². The van der Waals surface area contributed by atoms with Gasteiger partial charge in [-0.05, 0) is 20.3 Å². The molecule has 0 aromatic heterocycles. The van der Waals surface area contributed by atoms with Gasteiger partial charge < -0.3 is 5.32 Å². The minimum absolute atomic E-state index is 0.218. The molecule has 2 heterocycles. The van der Waals surface area contributed by atoms with E-state index < -0.39 is 0 Å². The summed E-state index contributed by atoms with van der Waals surface area (Å²) in [7, 11) is 0. The first-order valence-corrected chi connectivity index (χ1v) is 5.26. The van der Waals surface area contributed by atoms with Gasteiger partial charge in [-0.25, -0.2) is 5.01 Å². The van der Waals surface area contributed by atoms with Gasteiger partial charge in [0.25, 0.3) is 0 Å². The molecule has 0 bridgehead atoms. The van der Waals surface area contributed by atoms with E-state index in [0.717, 1.165) is 19.5 Å². The average molecular weight is 212 g/mol. The van der Waals surface area contributed by atoms with E-state index in [-0.39, 0.29) is 11.0 Å². The maximum Gasteiger partial charge on any atom is 0.303 e. The molecule has 1 saturated heterocycles. The van der Waals surface area contributed by atoms with Crippen molar-refractivity contribution < 1.29 is 4.92 Å². The van der Waals surface area contributed by atoms with Crippen LogP contribution in [0.4, 0.5) is 0 Å². The highest BCUT2D eigenvalue weighted by molar-refractivity contribution is 5.13. The van der Waals surface area contributed by atoms with Crippen LogP contribution in [0.1, 0.15) is 20.3 Å². The quantitative estimate of drug-likeness (QED) is 0.541. The molecule has 2 rings (SSSR count). The van der Waals surface area contributed by atoms with Gasteiger partial charge in [-0.2, -0.15) is 0 Å². The van der Waals surface area contributed by atoms with Crippen molar-refractivity contribution in [1.29, 1.82) is 0 Å². The van der Waals surface area contributed by atoms with Crippen molar-refractivity contribution in [1.82, 2.24) is 15.3 Å². The molecule has 84 valence electrons. The Bertz CT molecular complexity index is 313. The highest BCUT2D eigenvalue weighted by atomic mass is 16.6. The van der Waals surface area contributed by atoms with Crippen LogP contribution in [0.25, 0.3) is 0 Å². The van der Waals surface area contributed by atoms with Crippen molar-refractivity contribution >= 4 is 0 Å². The van der Waals surface area contributed by atoms with Crippen LogP contribution in [-0.4, -0.2) is 40.6 Å². The van der Waals surface area contributed by atoms with Gasteiger partial charge in [-0.1, -0.05) is 0 Å². The van der Waals surface area contributed by atoms with Crippen molar-refractivity contribution in [2.24, 2.45) is 0 Å². The van der Waals surface area contributed by atoms with Crippen LogP contribution in [-0.2, 0) is 0 Å². The molecule has 2 aliphatic rings. The second-order valence-corrected chi connectivity index (χ2v) is 4.22. The van der Waals surface area contributed by atoms with Crippen LogP contribution in [0.5, 0.6) is 0 Å². The Morgan fingerprint density at radius 1 is 1.47 bits per heavy atom. The van der Waals surface area contributed by atoms with E-state index in [1.165, 1.54) is 0 Å². The summed E-state index contributed by atoms with van der Waals surface area (Å²) in [5, 5.41) is 18.1. The SMILES string of the molecule is CC(C)NC1=C([N+](=O)[O-])CN2CCCN12. The van der Waals surface area contributed by atoms with E-state index in [9.17, 15) is 10.1 Å². The monoisotopic (exact) mass is 212 g/mol. The van der Waals surface area contributed by atoms with Gasteiger partial charge >= 0.3 is 5.70 Å². The molecule has 0 aromatic rings. The molecule has 6 nitrogen and oxygen atoms in total. The van der Waals surface area contributed by atoms with Gasteiger partial charge in [-0.3, -0.25) is 15.1 Å². The fourth-order valence-corrected chi connectivity index (χ4v) is 2.05. The Kier molecular flexibility index (Phi) is 2.52. The Labute approximate surface area is 88.7 Å². The largest absolute Gasteiger partial charge is 0.363 e. The number of hydrogen-bond donors (Lipinski definition) is 1. The molecule has 0 atom stereocenters. The molecule has 0 unspecified atom stereocenters. The zero-order valence-corrected chi connectivity index (χ0v) is 9.06. The lowest BCUT2D eigenvalue weighted by molar-refractivity contribution is -0.427. The maximum atomic E-state index is 10.9. The molecule has 0 spiro atoms. The molecule has 0 radical (unpaired) electrons. The minimum atomic E-state index is -0.275. The van der Waals surface area contributed by atoms with Gasteiger partial charge in [0.2, 0.25) is 0 Å². The molecule has 2 aliphatic heterocycles. The molecule has 1 N–H and O–H groups in total. The number of fused-ring (bicyclic) bond motifs is 1. The van der Waals surface area contributed by atoms with Crippen molar-refractivity contribution in [3.63, 3.8) is 0 Å². The fourth-order valence-electron chi connectivity index (χ4n) is 2.05. The zero-order valence-electron chi connectivity index (χ0n) is 9.06. The number of hydrogen-bond acceptors (Lipinski definition) is 5. The van der Waals surface area contributed by atoms with E-state index in [0.29, 0.717) is 18.1 Å². The highest BCUT2D eigenvalue weighted by Crippen LogP contribution is 2.26. The number of hydrazine groups is 1. The van der Waals surface area contributed by atoms with E-state index in [1.54, 1.807) is 0 Å². The molecule has 0 amide bonds. The summed E-state index contributed by atoms with van der Waals surface area (Å²) >= 11 is 0. The normalized spacial score (nSPS) is 21.4. The van der Waals surface area contributed by atoms with Crippen molar-refractivity contribution in [2.45, 2.75) is 26.3 Å². The Hall–Kier alpha value is -1.30. The first kappa shape index (κ1) is 10.2. The van der Waals surface area contributed by atoms with Crippen LogP contribution in [0.15, 0.2) is 11.5 Å². The summed E-state index contributed by atoms with van der Waals surface area (Å²) in [6.45, 7) is 6.21. The van der Waals surface area contributed by atoms with Crippen molar-refractivity contribution in [2.75, 3.05) is 19.6 Å². The lowest BCUT2D eigenvalue weighted by Gasteiger charge is -2.24. The second kappa shape index (κ2) is 3.69. The van der Waals surface area contributed by atoms with E-state index >= 15 is 0 Å². The van der Waals surface area contributed by atoms with Crippen LogP contribution in [0, 0.1) is 10.1 Å². The Morgan fingerprint density at radius 2 is 2.20 bits per heavy atom. The number of rotatable bonds is 3. The zero-order chi connectivity index (χ0) is 11.0. The summed E-state index contributed by atoms with van der Waals surface area (Å²) in [5.41, 5.74) is 0.295. The third kappa shape index (κ3) is 1.77. The fraction of sp³-hybridized carbons (Fsp3) is 0.778. The second-order valence-electron chi connectivity index (χ2n) is 4.22. The summed E-state index contributed by atoms with van der Waals surface area (Å²) < 4.78 is 0. The highest BCUT2D eigenvalue weighted by Gasteiger charge is 2.39. The van der Waals surface area contributed by atoms with Crippen LogP contribution >= 0.6 is 0 Å². The predicted molar refractivity (Wildman–Crippen MR) is 55.2 cm³/mol. The van der Waals surface area contributed by atoms with Gasteiger partial charge in [0, 0.05) is 19.1 Å². The molecule has 0 aromatic carbocycles. The number of nitrogens with zero attached hydrogens (tertiary/aromatic N) is 3. The molecule has 0 aliphatic carbocycles. The lowest BCUT2D eigenvalue weighted by atomic mass is 10.3. The number of nitrogens with one attached hydrogen (secondary N) is 1. The standard InChI is InChI=1S/C9H16N4O2/c1-7(2)10-9-8(13(14)15)6-11-4-3-5-12(9)11/h7,10H,3-6H2,1-2H3. The molecular weight excluding hydrogens is 196 g/mol. The van der Waals surface area contributed by atoms with E-state index in [2.05, 4.69) is 5.32 Å². The van der Waals surface area contributed by atoms with Crippen molar-refractivity contribution in [3.05, 3.63) is 21.6 Å². The Balaban J connectivity index is 2.23. The summed E-state index contributed by atoms with van der Waals surface area (Å²) in [5.74, 6) is 0.688. The smallest absolute Gasteiger partial charge is 0.303 e. The van der Waals surface area contributed by atoms with Gasteiger partial charge in [0.05, 0.1) is 4.92 Å². The van der Waals surface area contributed by atoms with Gasteiger partial charge in [0.1, 0.15) is 6.54 Å². The van der Waals surface area contributed by atoms with Crippen molar-refractivity contribution in [3.8, 4) is 0 Å². The average Bonchev–Trinajstić information content (AvgIpc) is 2.66. The first-order chi connectivity index (χ1) is 7.09. The van der Waals surface area contributed by atoms with Crippen LogP contribution in [0.2, 0.25) is 0 Å². The summed E-state index contributed by atoms with van der Waals surface area (Å²) in [6.07, 6.45) is 1.08. The molecule has 0 saturated carbocycles. The maximum absolute atomic E-state index is 10.9. The van der Waals surface area contributed by atoms with Gasteiger partial charge in [-0.15, -0.1) is 0 Å². The van der Waals surface area contributed by atoms with Gasteiger partial charge in [0.15, 0.2) is 5.82 Å². The third-order valence-corrected chi connectivity index (χ3v) is 2.64. The van der Waals surface area contributed by atoms with Crippen LogP contribution in [0.3, 0.4) is 0 Å². The van der Waals surface area contributed by atoms with E-state index in [4.69, 9.17) is 0 Å². The Morgan fingerprint density at radius 3 is 2.80 bits per heavy atom. The summed E-state index contributed by atoms with van der Waals surface area (Å²) in [6, 6.07) is 0.218. The third-order valence-electron chi connectivity index (χ3n) is 2.64. The molecular formula is C9H16N4O2. The lowest BCUT2D eigenvalue weighted by Crippen LogP contribution is -2.37. The minimum Gasteiger partial charge on any atom is -0.363 e. The molecule has 15 heavy (non-hydrogen) atoms. The topological polar surface area (TPSA) is 61.7 Å². The number of nitro groups is 1. The molecule has 1 fully saturated rings. The predicted octanol–water partition coefficient (Wildman–Crippen LogP) is 0.366. The first-order valence-electron chi connectivity index (χ1n) is 5.26. The van der Waals surface area contributed by atoms with E-state index in [1.807, 2.05) is 23.9 Å². The summed E-state index contributed by atoms with van der Waals surface area (Å²) in [4.78, 5) is 10.6. The molecule has 6 heteroatoms.